The molecule has 0 unspecified atom stereocenters. The summed E-state index contributed by atoms with van der Waals surface area (Å²) in [7, 11) is 2.11. The smallest absolute Gasteiger partial charge is 0.134 e. The Hall–Kier alpha value is -1.36. The molecular weight excluding hydrogens is 238 g/mol. The molecule has 0 saturated carbocycles. The molecule has 1 fully saturated rings. The van der Waals surface area contributed by atoms with E-state index >= 15 is 0 Å². The summed E-state index contributed by atoms with van der Waals surface area (Å²) in [6.45, 7) is 7.41. The van der Waals surface area contributed by atoms with E-state index in [1.807, 2.05) is 0 Å². The molecule has 2 heterocycles. The quantitative estimate of drug-likeness (QED) is 0.788. The van der Waals surface area contributed by atoms with Crippen molar-refractivity contribution in [2.45, 2.75) is 26.2 Å². The van der Waals surface area contributed by atoms with Gasteiger partial charge in [0.2, 0.25) is 0 Å². The summed E-state index contributed by atoms with van der Waals surface area (Å²) < 4.78 is 0. The number of hydrogen-bond donors (Lipinski definition) is 1. The summed E-state index contributed by atoms with van der Waals surface area (Å²) in [5.74, 6) is 2.08. The maximum Gasteiger partial charge on any atom is 0.134 e. The van der Waals surface area contributed by atoms with Gasteiger partial charge in [-0.3, -0.25) is 0 Å². The Labute approximate surface area is 116 Å². The van der Waals surface area contributed by atoms with Crippen LogP contribution < -0.4 is 15.1 Å². The first kappa shape index (κ1) is 14.1. The second kappa shape index (κ2) is 7.28. The van der Waals surface area contributed by atoms with Crippen molar-refractivity contribution < 1.29 is 0 Å². The molecule has 0 amide bonds. The minimum atomic E-state index is 1.02. The summed E-state index contributed by atoms with van der Waals surface area (Å²) in [5, 5.41) is 3.36. The molecule has 1 saturated heterocycles. The van der Waals surface area contributed by atoms with Crippen LogP contribution in [0.1, 0.15) is 26.2 Å². The molecule has 1 N–H and O–H groups in total. The highest BCUT2D eigenvalue weighted by Gasteiger charge is 2.13. The molecule has 5 nitrogen and oxygen atoms in total. The molecule has 0 aromatic carbocycles. The average Bonchev–Trinajstić information content (AvgIpc) is 2.48. The molecule has 106 valence electrons. The van der Waals surface area contributed by atoms with Crippen molar-refractivity contribution in [2.75, 3.05) is 49.6 Å². The topological polar surface area (TPSA) is 44.3 Å². The van der Waals surface area contributed by atoms with Gasteiger partial charge in [0.25, 0.3) is 0 Å². The zero-order valence-electron chi connectivity index (χ0n) is 12.1. The summed E-state index contributed by atoms with van der Waals surface area (Å²) in [4.78, 5) is 13.3. The number of anilines is 2. The largest absolute Gasteiger partial charge is 0.360 e. The fourth-order valence-electron chi connectivity index (χ4n) is 2.33. The average molecular weight is 263 g/mol. The molecule has 5 heteroatoms. The van der Waals surface area contributed by atoms with Crippen molar-refractivity contribution in [3.63, 3.8) is 0 Å². The number of piperazine rings is 1. The van der Waals surface area contributed by atoms with Gasteiger partial charge in [-0.05, 0) is 6.42 Å². The van der Waals surface area contributed by atoms with Gasteiger partial charge in [-0.25, -0.2) is 9.97 Å². The van der Waals surface area contributed by atoms with Crippen LogP contribution in [-0.2, 0) is 0 Å². The predicted molar refractivity (Wildman–Crippen MR) is 79.9 cm³/mol. The third kappa shape index (κ3) is 4.06. The van der Waals surface area contributed by atoms with E-state index in [0.717, 1.165) is 44.4 Å². The van der Waals surface area contributed by atoms with E-state index in [-0.39, 0.29) is 0 Å². The normalized spacial score (nSPS) is 15.6. The first-order valence-electron chi connectivity index (χ1n) is 7.30. The Morgan fingerprint density at radius 1 is 1.26 bits per heavy atom. The Morgan fingerprint density at radius 2 is 2.05 bits per heavy atom. The van der Waals surface area contributed by atoms with Crippen LogP contribution in [0.5, 0.6) is 0 Å². The molecule has 19 heavy (non-hydrogen) atoms. The van der Waals surface area contributed by atoms with Gasteiger partial charge in [0.1, 0.15) is 18.0 Å². The van der Waals surface area contributed by atoms with Gasteiger partial charge in [0.15, 0.2) is 0 Å². The van der Waals surface area contributed by atoms with E-state index < -0.39 is 0 Å². The van der Waals surface area contributed by atoms with E-state index in [2.05, 4.69) is 45.1 Å². The van der Waals surface area contributed by atoms with E-state index in [0.29, 0.717) is 0 Å². The Balaban J connectivity index is 1.97. The second-order valence-electron chi connectivity index (χ2n) is 5.10. The van der Waals surface area contributed by atoms with E-state index in [1.165, 1.54) is 19.3 Å². The standard InChI is InChI=1S/C14H25N5/c1-3-4-5-8-18(2)13-11-14(17-12-16-13)19-9-6-15-7-10-19/h11-12,15H,3-10H2,1-2H3. The van der Waals surface area contributed by atoms with Crippen molar-refractivity contribution in [1.29, 1.82) is 0 Å². The lowest BCUT2D eigenvalue weighted by molar-refractivity contribution is 0.584. The first-order valence-corrected chi connectivity index (χ1v) is 7.30. The lowest BCUT2D eigenvalue weighted by Crippen LogP contribution is -2.44. The molecular formula is C14H25N5. The number of unbranched alkanes of at least 4 members (excludes halogenated alkanes) is 2. The monoisotopic (exact) mass is 263 g/mol. The minimum Gasteiger partial charge on any atom is -0.360 e. The van der Waals surface area contributed by atoms with E-state index in [4.69, 9.17) is 0 Å². The molecule has 0 radical (unpaired) electrons. The Morgan fingerprint density at radius 3 is 2.79 bits per heavy atom. The van der Waals surface area contributed by atoms with Gasteiger partial charge in [-0.15, -0.1) is 0 Å². The fourth-order valence-corrected chi connectivity index (χ4v) is 2.33. The molecule has 1 aliphatic heterocycles. The van der Waals surface area contributed by atoms with Crippen LogP contribution in [0.15, 0.2) is 12.4 Å². The molecule has 0 spiro atoms. The molecule has 0 atom stereocenters. The molecule has 1 aromatic heterocycles. The van der Waals surface area contributed by atoms with Crippen LogP contribution in [0, 0.1) is 0 Å². The number of nitrogens with one attached hydrogen (secondary N) is 1. The van der Waals surface area contributed by atoms with Gasteiger partial charge < -0.3 is 15.1 Å². The van der Waals surface area contributed by atoms with Crippen LogP contribution in [0.3, 0.4) is 0 Å². The third-order valence-corrected chi connectivity index (χ3v) is 3.57. The highest BCUT2D eigenvalue weighted by Crippen LogP contribution is 2.17. The van der Waals surface area contributed by atoms with Crippen LogP contribution in [0.4, 0.5) is 11.6 Å². The summed E-state index contributed by atoms with van der Waals surface area (Å²) in [6, 6.07) is 2.11. The van der Waals surface area contributed by atoms with Gasteiger partial charge in [0, 0.05) is 45.8 Å². The van der Waals surface area contributed by atoms with Crippen LogP contribution in [-0.4, -0.2) is 49.7 Å². The van der Waals surface area contributed by atoms with Crippen molar-refractivity contribution in [3.05, 3.63) is 12.4 Å². The van der Waals surface area contributed by atoms with Crippen LogP contribution in [0.2, 0.25) is 0 Å². The zero-order valence-corrected chi connectivity index (χ0v) is 12.1. The SMILES string of the molecule is CCCCCN(C)c1cc(N2CCNCC2)ncn1. The van der Waals surface area contributed by atoms with Crippen LogP contribution >= 0.6 is 0 Å². The number of hydrogen-bond acceptors (Lipinski definition) is 5. The first-order chi connectivity index (χ1) is 9.31. The van der Waals surface area contributed by atoms with E-state index in [9.17, 15) is 0 Å². The minimum absolute atomic E-state index is 1.02. The van der Waals surface area contributed by atoms with Crippen molar-refractivity contribution >= 4 is 11.6 Å². The van der Waals surface area contributed by atoms with Crippen molar-refractivity contribution in [1.82, 2.24) is 15.3 Å². The van der Waals surface area contributed by atoms with Gasteiger partial charge in [-0.1, -0.05) is 19.8 Å². The second-order valence-corrected chi connectivity index (χ2v) is 5.10. The van der Waals surface area contributed by atoms with Gasteiger partial charge >= 0.3 is 0 Å². The molecule has 1 aromatic rings. The maximum atomic E-state index is 4.40. The number of rotatable bonds is 6. The van der Waals surface area contributed by atoms with Gasteiger partial charge in [-0.2, -0.15) is 0 Å². The molecule has 2 rings (SSSR count). The summed E-state index contributed by atoms with van der Waals surface area (Å²) >= 11 is 0. The molecule has 1 aliphatic rings. The zero-order chi connectivity index (χ0) is 13.5. The predicted octanol–water partition coefficient (Wildman–Crippen LogP) is 1.51. The third-order valence-electron chi connectivity index (χ3n) is 3.57. The Kier molecular flexibility index (Phi) is 5.39. The highest BCUT2D eigenvalue weighted by molar-refractivity contribution is 5.49. The lowest BCUT2D eigenvalue weighted by Gasteiger charge is -2.29. The van der Waals surface area contributed by atoms with Crippen molar-refractivity contribution in [2.24, 2.45) is 0 Å². The maximum absolute atomic E-state index is 4.40. The van der Waals surface area contributed by atoms with Gasteiger partial charge in [0.05, 0.1) is 0 Å². The van der Waals surface area contributed by atoms with E-state index in [1.54, 1.807) is 6.33 Å². The fraction of sp³-hybridized carbons (Fsp3) is 0.714. The van der Waals surface area contributed by atoms with Crippen LogP contribution in [0.25, 0.3) is 0 Å². The number of nitrogens with zero attached hydrogens (tertiary/aromatic N) is 4. The summed E-state index contributed by atoms with van der Waals surface area (Å²) in [6.07, 6.45) is 5.44. The lowest BCUT2D eigenvalue weighted by atomic mass is 10.2. The highest BCUT2D eigenvalue weighted by atomic mass is 15.2. The molecule has 0 bridgehead atoms. The van der Waals surface area contributed by atoms with Crippen molar-refractivity contribution in [3.8, 4) is 0 Å². The summed E-state index contributed by atoms with van der Waals surface area (Å²) in [5.41, 5.74) is 0. The Bertz CT molecular complexity index is 376. The molecule has 0 aliphatic carbocycles. The number of aromatic nitrogens is 2.